The SMILES string of the molecule is C=CCNC(=O)C(=O)C(CCCC)NC(=O)[C@@H]1[C@@H]2[C@H](CN1C(=O)[C@@H](NC(=O)N[C@H](CN(C)S(=O)(=O)c1ccc(Br)s1)C(C)(C)C)C(C)(C)C)C2(C)C. The van der Waals surface area contributed by atoms with Crippen LogP contribution in [0.25, 0.3) is 0 Å². The van der Waals surface area contributed by atoms with E-state index >= 15 is 0 Å². The van der Waals surface area contributed by atoms with E-state index in [9.17, 15) is 32.4 Å². The molecule has 52 heavy (non-hydrogen) atoms. The Labute approximate surface area is 321 Å². The third-order valence-electron chi connectivity index (χ3n) is 10.3. The Hall–Kier alpha value is -2.82. The predicted molar refractivity (Wildman–Crippen MR) is 206 cm³/mol. The molecule has 0 radical (unpaired) electrons. The molecule has 1 aliphatic carbocycles. The Morgan fingerprint density at radius 2 is 1.71 bits per heavy atom. The highest BCUT2D eigenvalue weighted by molar-refractivity contribution is 9.11. The molecular formula is C36H57BrN6O7S2. The first-order valence-corrected chi connectivity index (χ1v) is 20.8. The van der Waals surface area contributed by atoms with Crippen molar-refractivity contribution in [3.05, 3.63) is 28.6 Å². The number of sulfonamides is 1. The van der Waals surface area contributed by atoms with Crippen molar-refractivity contribution in [3.63, 3.8) is 0 Å². The van der Waals surface area contributed by atoms with Crippen LogP contribution in [0.3, 0.4) is 0 Å². The lowest BCUT2D eigenvalue weighted by molar-refractivity contribution is -0.145. The number of nitrogens with zero attached hydrogens (tertiary/aromatic N) is 2. The number of hydrogen-bond acceptors (Lipinski definition) is 8. The molecule has 1 aliphatic heterocycles. The van der Waals surface area contributed by atoms with Crippen LogP contribution < -0.4 is 21.3 Å². The van der Waals surface area contributed by atoms with Gasteiger partial charge in [0.15, 0.2) is 0 Å². The van der Waals surface area contributed by atoms with Crippen LogP contribution in [0, 0.1) is 28.1 Å². The minimum absolute atomic E-state index is 0.0285. The van der Waals surface area contributed by atoms with Crippen LogP contribution in [-0.2, 0) is 29.2 Å². The zero-order valence-electron chi connectivity index (χ0n) is 32.1. The summed E-state index contributed by atoms with van der Waals surface area (Å²) in [6.07, 6.45) is 3.07. The van der Waals surface area contributed by atoms with Gasteiger partial charge in [-0.05, 0) is 62.6 Å². The number of nitrogens with one attached hydrogen (secondary N) is 4. The number of hydrogen-bond donors (Lipinski definition) is 4. The van der Waals surface area contributed by atoms with Gasteiger partial charge in [0.1, 0.15) is 16.3 Å². The normalized spacial score (nSPS) is 21.4. The number of likely N-dealkylation sites (tertiary alicyclic amines) is 1. The minimum atomic E-state index is -3.83. The first-order chi connectivity index (χ1) is 23.9. The van der Waals surface area contributed by atoms with Gasteiger partial charge in [-0.3, -0.25) is 19.2 Å². The van der Waals surface area contributed by atoms with E-state index in [0.717, 1.165) is 17.8 Å². The number of fused-ring (bicyclic) bond motifs is 1. The lowest BCUT2D eigenvalue weighted by Gasteiger charge is -2.39. The van der Waals surface area contributed by atoms with Gasteiger partial charge < -0.3 is 26.2 Å². The number of Topliss-reactive ketones (excluding diaryl/α,β-unsaturated/α-hetero) is 1. The summed E-state index contributed by atoms with van der Waals surface area (Å²) in [5.74, 6) is -2.66. The number of halogens is 1. The fourth-order valence-corrected chi connectivity index (χ4v) is 10.2. The van der Waals surface area contributed by atoms with Crippen LogP contribution in [0.1, 0.15) is 81.6 Å². The molecule has 2 fully saturated rings. The molecule has 0 bridgehead atoms. The third-order valence-corrected chi connectivity index (χ3v) is 14.2. The summed E-state index contributed by atoms with van der Waals surface area (Å²) < 4.78 is 28.6. The molecule has 1 aromatic heterocycles. The number of ketones is 1. The first kappa shape index (κ1) is 43.6. The van der Waals surface area contributed by atoms with Gasteiger partial charge in [-0.2, -0.15) is 4.31 Å². The molecular weight excluding hydrogens is 772 g/mol. The van der Waals surface area contributed by atoms with E-state index in [-0.39, 0.29) is 41.0 Å². The van der Waals surface area contributed by atoms with Gasteiger partial charge >= 0.3 is 6.03 Å². The molecule has 0 spiro atoms. The number of carbonyl (C=O) groups is 5. The molecule has 1 saturated carbocycles. The van der Waals surface area contributed by atoms with Crippen LogP contribution in [0.2, 0.25) is 0 Å². The van der Waals surface area contributed by atoms with Crippen LogP contribution >= 0.6 is 27.3 Å². The molecule has 1 saturated heterocycles. The molecule has 4 N–H and O–H groups in total. The van der Waals surface area contributed by atoms with Gasteiger partial charge in [0.25, 0.3) is 15.9 Å². The highest BCUT2D eigenvalue weighted by Crippen LogP contribution is 2.65. The highest BCUT2D eigenvalue weighted by Gasteiger charge is 2.70. The van der Waals surface area contributed by atoms with Gasteiger partial charge in [-0.25, -0.2) is 13.2 Å². The van der Waals surface area contributed by atoms with Crippen molar-refractivity contribution in [2.24, 2.45) is 28.1 Å². The summed E-state index contributed by atoms with van der Waals surface area (Å²) in [5.41, 5.74) is -1.58. The van der Waals surface area contributed by atoms with Gasteiger partial charge in [-0.15, -0.1) is 17.9 Å². The summed E-state index contributed by atoms with van der Waals surface area (Å²) in [4.78, 5) is 69.4. The van der Waals surface area contributed by atoms with Crippen LogP contribution in [-0.4, -0.2) is 98.0 Å². The Bertz CT molecular complexity index is 1630. The largest absolute Gasteiger partial charge is 0.346 e. The van der Waals surface area contributed by atoms with Crippen molar-refractivity contribution in [3.8, 4) is 0 Å². The Morgan fingerprint density at radius 1 is 1.08 bits per heavy atom. The zero-order valence-corrected chi connectivity index (χ0v) is 35.3. The number of likely N-dealkylation sites (N-methyl/N-ethyl adjacent to an activating group) is 1. The maximum Gasteiger partial charge on any atom is 0.315 e. The molecule has 6 atom stereocenters. The number of amides is 5. The predicted octanol–water partition coefficient (Wildman–Crippen LogP) is 4.29. The topological polar surface area (TPSA) is 174 Å². The van der Waals surface area contributed by atoms with Crippen molar-refractivity contribution < 1.29 is 32.4 Å². The Morgan fingerprint density at radius 3 is 2.23 bits per heavy atom. The fourth-order valence-electron chi connectivity index (χ4n) is 6.78. The van der Waals surface area contributed by atoms with Crippen molar-refractivity contribution in [2.45, 2.75) is 110 Å². The van der Waals surface area contributed by atoms with Crippen LogP contribution in [0.15, 0.2) is 32.8 Å². The number of piperidine rings is 1. The molecule has 2 aliphatic rings. The zero-order chi connectivity index (χ0) is 39.6. The maximum atomic E-state index is 14.5. The van der Waals surface area contributed by atoms with E-state index in [1.54, 1.807) is 6.07 Å². The Balaban J connectivity index is 1.84. The maximum absolute atomic E-state index is 14.5. The summed E-state index contributed by atoms with van der Waals surface area (Å²) >= 11 is 4.40. The summed E-state index contributed by atoms with van der Waals surface area (Å²) in [6.45, 7) is 21.1. The van der Waals surface area contributed by atoms with Gasteiger partial charge in [0.05, 0.1) is 9.83 Å². The quantitative estimate of drug-likeness (QED) is 0.142. The minimum Gasteiger partial charge on any atom is -0.346 e. The van der Waals surface area contributed by atoms with E-state index in [1.807, 2.05) is 62.3 Å². The lowest BCUT2D eigenvalue weighted by Crippen LogP contribution is -2.62. The first-order valence-electron chi connectivity index (χ1n) is 17.7. The molecule has 1 unspecified atom stereocenters. The molecule has 1 aromatic rings. The molecule has 16 heteroatoms. The Kier molecular flexibility index (Phi) is 14.0. The standard InChI is InChI=1S/C36H57BrN6O7S2/c1-12-14-15-22(28(44)31(46)38-18-13-2)39-30(45)27-26-21(36(26,9)10)19-43(27)32(47)29(35(6,7)8)41-33(48)40-23(34(3,4)5)20-42(11)52(49,50)25-17-16-24(37)51-25/h13,16-17,21-23,26-27,29H,2,12,14-15,18-20H2,1,3-11H3,(H,38,46)(H,39,45)(H2,40,41,48)/t21-,22?,23+,26-,27-,29+/m0/s1. The number of carbonyl (C=O) groups excluding carboxylic acids is 5. The van der Waals surface area contributed by atoms with Crippen molar-refractivity contribution in [2.75, 3.05) is 26.7 Å². The van der Waals surface area contributed by atoms with E-state index < -0.39 is 74.6 Å². The monoisotopic (exact) mass is 828 g/mol. The van der Waals surface area contributed by atoms with Crippen molar-refractivity contribution in [1.82, 2.24) is 30.5 Å². The van der Waals surface area contributed by atoms with Gasteiger partial charge in [0.2, 0.25) is 17.6 Å². The second kappa shape index (κ2) is 16.7. The van der Waals surface area contributed by atoms with E-state index in [4.69, 9.17) is 0 Å². The van der Waals surface area contributed by atoms with Crippen LogP contribution in [0.4, 0.5) is 4.79 Å². The van der Waals surface area contributed by atoms with E-state index in [2.05, 4.69) is 43.8 Å². The number of thiophene rings is 1. The van der Waals surface area contributed by atoms with E-state index in [1.165, 1.54) is 28.4 Å². The molecule has 292 valence electrons. The summed E-state index contributed by atoms with van der Waals surface area (Å²) in [7, 11) is -2.37. The molecule has 2 heterocycles. The van der Waals surface area contributed by atoms with Crippen LogP contribution in [0.5, 0.6) is 0 Å². The van der Waals surface area contributed by atoms with Gasteiger partial charge in [0, 0.05) is 32.7 Å². The lowest BCUT2D eigenvalue weighted by atomic mass is 9.85. The smallest absolute Gasteiger partial charge is 0.315 e. The molecule has 0 aromatic carbocycles. The number of rotatable bonds is 16. The molecule has 3 rings (SSSR count). The summed E-state index contributed by atoms with van der Waals surface area (Å²) in [5, 5.41) is 11.1. The average molecular weight is 830 g/mol. The second-order valence-corrected chi connectivity index (χ2v) is 21.4. The van der Waals surface area contributed by atoms with Crippen molar-refractivity contribution in [1.29, 1.82) is 0 Å². The molecule has 13 nitrogen and oxygen atoms in total. The summed E-state index contributed by atoms with van der Waals surface area (Å²) in [6, 6.07) is -1.14. The average Bonchev–Trinajstić information content (AvgIpc) is 3.41. The van der Waals surface area contributed by atoms with Gasteiger partial charge in [-0.1, -0.05) is 81.2 Å². The second-order valence-electron chi connectivity index (χ2n) is 16.6. The number of unbranched alkanes of at least 4 members (excludes halogenated alkanes) is 1. The fraction of sp³-hybridized carbons (Fsp3) is 0.694. The van der Waals surface area contributed by atoms with E-state index in [0.29, 0.717) is 16.8 Å². The van der Waals surface area contributed by atoms with Crippen molar-refractivity contribution >= 4 is 66.8 Å². The highest BCUT2D eigenvalue weighted by atomic mass is 79.9. The third kappa shape index (κ3) is 10.0. The number of urea groups is 1. The molecule has 5 amide bonds.